The van der Waals surface area contributed by atoms with Gasteiger partial charge in [-0.2, -0.15) is 0 Å². The molecule has 2 N–H and O–H groups in total. The summed E-state index contributed by atoms with van der Waals surface area (Å²) in [4.78, 5) is 17.0. The smallest absolute Gasteiger partial charge is 0.308 e. The number of carbonyl (C=O) groups is 1. The van der Waals surface area contributed by atoms with Crippen molar-refractivity contribution in [3.63, 3.8) is 0 Å². The zero-order valence-corrected chi connectivity index (χ0v) is 15.5. The molecule has 0 atom stereocenters. The number of carbonyl (C=O) groups excluding carboxylic acids is 1. The summed E-state index contributed by atoms with van der Waals surface area (Å²) in [6, 6.07) is 15.6. The average Bonchev–Trinajstić information content (AvgIpc) is 3.11. The number of anilines is 2. The Hall–Kier alpha value is -3.67. The number of hydrogen-bond acceptors (Lipinski definition) is 2. The van der Waals surface area contributed by atoms with Crippen LogP contribution in [0.1, 0.15) is 11.1 Å². The molecule has 2 aromatic heterocycles. The Morgan fingerprint density at radius 3 is 2.68 bits per heavy atom. The third-order valence-electron chi connectivity index (χ3n) is 4.61. The van der Waals surface area contributed by atoms with Crippen LogP contribution in [0, 0.1) is 19.7 Å². The largest absolute Gasteiger partial charge is 0.323 e. The maximum Gasteiger partial charge on any atom is 0.323 e. The summed E-state index contributed by atoms with van der Waals surface area (Å²) >= 11 is 0. The number of hydrogen-bond donors (Lipinski definition) is 2. The van der Waals surface area contributed by atoms with Crippen LogP contribution < -0.4 is 10.6 Å². The van der Waals surface area contributed by atoms with E-state index in [-0.39, 0.29) is 5.82 Å². The van der Waals surface area contributed by atoms with Crippen LogP contribution >= 0.6 is 0 Å². The number of pyridine rings is 1. The standard InChI is InChI=1S/C22H19FN4O/c1-14-6-5-11-27-13-20(25-21(14)27)16-7-3-8-17(12-16)24-22(28)26-19-10-4-9-18(23)15(19)2/h3-13H,1-2H3,(H2,24,26,28). The molecule has 2 amide bonds. The van der Waals surface area contributed by atoms with Gasteiger partial charge < -0.3 is 15.0 Å². The van der Waals surface area contributed by atoms with Gasteiger partial charge in [-0.15, -0.1) is 0 Å². The van der Waals surface area contributed by atoms with Gasteiger partial charge in [0, 0.05) is 34.9 Å². The normalized spacial score (nSPS) is 10.8. The van der Waals surface area contributed by atoms with Crippen molar-refractivity contribution >= 4 is 23.1 Å². The van der Waals surface area contributed by atoms with Gasteiger partial charge in [0.15, 0.2) is 0 Å². The van der Waals surface area contributed by atoms with Gasteiger partial charge in [-0.05, 0) is 49.7 Å². The molecule has 2 aromatic carbocycles. The van der Waals surface area contributed by atoms with Crippen LogP contribution in [0.2, 0.25) is 0 Å². The minimum absolute atomic E-state index is 0.359. The van der Waals surface area contributed by atoms with Crippen molar-refractivity contribution in [1.82, 2.24) is 9.38 Å². The molecule has 2 heterocycles. The summed E-state index contributed by atoms with van der Waals surface area (Å²) in [6.45, 7) is 3.64. The van der Waals surface area contributed by atoms with Gasteiger partial charge >= 0.3 is 6.03 Å². The Labute approximate surface area is 161 Å². The molecular weight excluding hydrogens is 355 g/mol. The molecule has 0 aliphatic heterocycles. The van der Waals surface area contributed by atoms with Gasteiger partial charge in [-0.3, -0.25) is 0 Å². The number of imidazole rings is 1. The van der Waals surface area contributed by atoms with Gasteiger partial charge in [-0.25, -0.2) is 14.2 Å². The van der Waals surface area contributed by atoms with Crippen molar-refractivity contribution in [3.05, 3.63) is 83.9 Å². The monoisotopic (exact) mass is 374 g/mol. The van der Waals surface area contributed by atoms with Crippen LogP contribution in [0.3, 0.4) is 0 Å². The minimum Gasteiger partial charge on any atom is -0.308 e. The molecule has 28 heavy (non-hydrogen) atoms. The minimum atomic E-state index is -0.434. The predicted octanol–water partition coefficient (Wildman–Crippen LogP) is 5.40. The molecule has 140 valence electrons. The van der Waals surface area contributed by atoms with E-state index in [1.807, 2.05) is 54.0 Å². The second-order valence-corrected chi connectivity index (χ2v) is 6.62. The number of aromatic nitrogens is 2. The van der Waals surface area contributed by atoms with Crippen LogP contribution in [0.25, 0.3) is 16.9 Å². The third-order valence-corrected chi connectivity index (χ3v) is 4.61. The van der Waals surface area contributed by atoms with Gasteiger partial charge in [0.2, 0.25) is 0 Å². The maximum atomic E-state index is 13.6. The lowest BCUT2D eigenvalue weighted by Crippen LogP contribution is -2.20. The van der Waals surface area contributed by atoms with E-state index in [0.717, 1.165) is 22.5 Å². The Kier molecular flexibility index (Phi) is 4.53. The molecule has 4 aromatic rings. The number of aryl methyl sites for hydroxylation is 1. The number of nitrogens with zero attached hydrogens (tertiary/aromatic N) is 2. The second kappa shape index (κ2) is 7.15. The summed E-state index contributed by atoms with van der Waals surface area (Å²) < 4.78 is 15.6. The summed E-state index contributed by atoms with van der Waals surface area (Å²) in [7, 11) is 0. The topological polar surface area (TPSA) is 58.4 Å². The molecule has 0 radical (unpaired) electrons. The Bertz CT molecular complexity index is 1180. The summed E-state index contributed by atoms with van der Waals surface area (Å²) in [5.41, 5.74) is 5.15. The van der Waals surface area contributed by atoms with Gasteiger partial charge in [0.05, 0.1) is 5.69 Å². The molecule has 0 fully saturated rings. The van der Waals surface area contributed by atoms with E-state index in [2.05, 4.69) is 15.6 Å². The summed E-state index contributed by atoms with van der Waals surface area (Å²) in [5.74, 6) is -0.359. The Morgan fingerprint density at radius 1 is 1.04 bits per heavy atom. The molecule has 6 heteroatoms. The number of rotatable bonds is 3. The maximum absolute atomic E-state index is 13.6. The summed E-state index contributed by atoms with van der Waals surface area (Å²) in [6.07, 6.45) is 3.91. The van der Waals surface area contributed by atoms with Crippen LogP contribution in [0.15, 0.2) is 67.0 Å². The first-order valence-electron chi connectivity index (χ1n) is 8.89. The van der Waals surface area contributed by atoms with E-state index in [4.69, 9.17) is 0 Å². The average molecular weight is 374 g/mol. The molecule has 0 aliphatic rings. The molecule has 5 nitrogen and oxygen atoms in total. The fourth-order valence-corrected chi connectivity index (χ4v) is 3.08. The van der Waals surface area contributed by atoms with Gasteiger partial charge in [0.25, 0.3) is 0 Å². The van der Waals surface area contributed by atoms with Gasteiger partial charge in [-0.1, -0.05) is 24.3 Å². The number of halogens is 1. The van der Waals surface area contributed by atoms with E-state index in [9.17, 15) is 9.18 Å². The number of urea groups is 1. The molecule has 0 saturated heterocycles. The quantitative estimate of drug-likeness (QED) is 0.504. The Balaban J connectivity index is 1.55. The van der Waals surface area contributed by atoms with Crippen LogP contribution in [0.5, 0.6) is 0 Å². The highest BCUT2D eigenvalue weighted by atomic mass is 19.1. The first kappa shape index (κ1) is 17.7. The lowest BCUT2D eigenvalue weighted by molar-refractivity contribution is 0.262. The molecule has 4 rings (SSSR count). The highest BCUT2D eigenvalue weighted by molar-refractivity contribution is 6.00. The van der Waals surface area contributed by atoms with Crippen molar-refractivity contribution in [2.45, 2.75) is 13.8 Å². The van der Waals surface area contributed by atoms with E-state index in [0.29, 0.717) is 16.9 Å². The van der Waals surface area contributed by atoms with E-state index in [1.54, 1.807) is 25.1 Å². The van der Waals surface area contributed by atoms with E-state index < -0.39 is 6.03 Å². The van der Waals surface area contributed by atoms with Crippen molar-refractivity contribution in [2.24, 2.45) is 0 Å². The number of nitrogens with one attached hydrogen (secondary N) is 2. The Morgan fingerprint density at radius 2 is 1.86 bits per heavy atom. The van der Waals surface area contributed by atoms with Crippen molar-refractivity contribution < 1.29 is 9.18 Å². The lowest BCUT2D eigenvalue weighted by atomic mass is 10.1. The number of amides is 2. The zero-order valence-electron chi connectivity index (χ0n) is 15.5. The first-order chi connectivity index (χ1) is 13.5. The van der Waals surface area contributed by atoms with Gasteiger partial charge in [0.1, 0.15) is 11.5 Å². The van der Waals surface area contributed by atoms with Crippen molar-refractivity contribution in [2.75, 3.05) is 10.6 Å². The second-order valence-electron chi connectivity index (χ2n) is 6.62. The fraction of sp³-hybridized carbons (Fsp3) is 0.0909. The zero-order chi connectivity index (χ0) is 19.7. The molecule has 0 saturated carbocycles. The van der Waals surface area contributed by atoms with Crippen LogP contribution in [-0.4, -0.2) is 15.4 Å². The fourth-order valence-electron chi connectivity index (χ4n) is 3.08. The molecule has 0 bridgehead atoms. The van der Waals surface area contributed by atoms with Crippen LogP contribution in [0.4, 0.5) is 20.6 Å². The lowest BCUT2D eigenvalue weighted by Gasteiger charge is -2.11. The van der Waals surface area contributed by atoms with Crippen molar-refractivity contribution in [3.8, 4) is 11.3 Å². The summed E-state index contributed by atoms with van der Waals surface area (Å²) in [5, 5.41) is 5.46. The highest BCUT2D eigenvalue weighted by Gasteiger charge is 2.10. The first-order valence-corrected chi connectivity index (χ1v) is 8.89. The van der Waals surface area contributed by atoms with E-state index in [1.165, 1.54) is 6.07 Å². The van der Waals surface area contributed by atoms with E-state index >= 15 is 0 Å². The highest BCUT2D eigenvalue weighted by Crippen LogP contribution is 2.24. The third kappa shape index (κ3) is 3.44. The number of benzene rings is 2. The number of fused-ring (bicyclic) bond motifs is 1. The molecule has 0 unspecified atom stereocenters. The van der Waals surface area contributed by atoms with Crippen molar-refractivity contribution in [1.29, 1.82) is 0 Å². The van der Waals surface area contributed by atoms with Crippen LogP contribution in [-0.2, 0) is 0 Å². The SMILES string of the molecule is Cc1c(F)cccc1NC(=O)Nc1cccc(-c2cn3cccc(C)c3n2)c1. The predicted molar refractivity (Wildman–Crippen MR) is 109 cm³/mol. The molecule has 0 spiro atoms. The molecule has 0 aliphatic carbocycles. The molecular formula is C22H19FN4O.